The molecule has 7 nitrogen and oxygen atoms in total. The second-order valence-electron chi connectivity index (χ2n) is 11.9. The molecule has 3 aromatic carbocycles. The zero-order valence-corrected chi connectivity index (χ0v) is 27.3. The van der Waals surface area contributed by atoms with Crippen LogP contribution in [0.3, 0.4) is 0 Å². The van der Waals surface area contributed by atoms with Crippen molar-refractivity contribution in [1.82, 2.24) is 24.4 Å². The number of imidazole rings is 1. The van der Waals surface area contributed by atoms with E-state index in [9.17, 15) is 4.79 Å². The van der Waals surface area contributed by atoms with Crippen LogP contribution in [0, 0.1) is 6.92 Å². The normalized spacial score (nSPS) is 14.4. The van der Waals surface area contributed by atoms with Crippen LogP contribution in [0.15, 0.2) is 102 Å². The molecule has 3 aromatic heterocycles. The van der Waals surface area contributed by atoms with Crippen LogP contribution in [0.1, 0.15) is 46.8 Å². The number of methoxy groups -OCH3 is 1. The van der Waals surface area contributed by atoms with Crippen LogP contribution in [0.5, 0.6) is 5.75 Å². The Morgan fingerprint density at radius 3 is 2.41 bits per heavy atom. The zero-order chi connectivity index (χ0) is 32.0. The molecule has 0 amide bonds. The zero-order valence-electron chi connectivity index (χ0n) is 25.8. The van der Waals surface area contributed by atoms with Crippen molar-refractivity contribution in [3.63, 3.8) is 0 Å². The first kappa shape index (κ1) is 30.2. The largest absolute Gasteiger partial charge is 0.497 e. The second kappa shape index (κ2) is 12.1. The summed E-state index contributed by atoms with van der Waals surface area (Å²) in [5.74, 6) is 0.795. The van der Waals surface area contributed by atoms with Crippen LogP contribution >= 0.6 is 23.2 Å². The number of hydrogen-bond acceptors (Lipinski definition) is 5. The van der Waals surface area contributed by atoms with Gasteiger partial charge in [0.1, 0.15) is 16.4 Å². The van der Waals surface area contributed by atoms with E-state index in [0.29, 0.717) is 22.3 Å². The molecule has 0 spiro atoms. The summed E-state index contributed by atoms with van der Waals surface area (Å²) in [4.78, 5) is 22.9. The van der Waals surface area contributed by atoms with Crippen molar-refractivity contribution >= 4 is 34.1 Å². The number of benzene rings is 3. The molecule has 0 aliphatic heterocycles. The second-order valence-corrected chi connectivity index (χ2v) is 12.7. The van der Waals surface area contributed by atoms with Crippen LogP contribution in [-0.4, -0.2) is 26.2 Å². The highest BCUT2D eigenvalue weighted by Gasteiger charge is 2.40. The summed E-state index contributed by atoms with van der Waals surface area (Å²) in [5, 5.41) is 5.91. The molecule has 6 aromatic rings. The monoisotopic (exact) mass is 649 g/mol. The summed E-state index contributed by atoms with van der Waals surface area (Å²) < 4.78 is 9.40. The van der Waals surface area contributed by atoms with E-state index in [1.54, 1.807) is 13.4 Å². The fourth-order valence-electron chi connectivity index (χ4n) is 6.54. The summed E-state index contributed by atoms with van der Waals surface area (Å²) in [6.07, 6.45) is 7.48. The number of ether oxygens (including phenoxy) is 1. The number of nitrogens with zero attached hydrogens (tertiary/aromatic N) is 4. The molecule has 0 radical (unpaired) electrons. The van der Waals surface area contributed by atoms with Gasteiger partial charge in [0, 0.05) is 47.4 Å². The minimum atomic E-state index is -0.906. The van der Waals surface area contributed by atoms with E-state index < -0.39 is 5.54 Å². The Balaban J connectivity index is 1.53. The average Bonchev–Trinajstić information content (AvgIpc) is 3.81. The first-order valence-electron chi connectivity index (χ1n) is 15.2. The molecule has 1 aliphatic carbocycles. The van der Waals surface area contributed by atoms with Gasteiger partial charge in [-0.2, -0.15) is 0 Å². The van der Waals surface area contributed by atoms with E-state index in [0.717, 1.165) is 63.0 Å². The highest BCUT2D eigenvalue weighted by Crippen LogP contribution is 2.43. The number of aryl methyl sites for hydroxylation is 1. The van der Waals surface area contributed by atoms with Gasteiger partial charge in [-0.15, -0.1) is 0 Å². The van der Waals surface area contributed by atoms with E-state index in [1.165, 1.54) is 0 Å². The Kier molecular flexibility index (Phi) is 7.93. The summed E-state index contributed by atoms with van der Waals surface area (Å²) in [7, 11) is 3.65. The minimum absolute atomic E-state index is 0.0372. The number of pyridine rings is 2. The summed E-state index contributed by atoms with van der Waals surface area (Å²) >= 11 is 12.8. The molecule has 3 heterocycles. The summed E-state index contributed by atoms with van der Waals surface area (Å²) in [5.41, 5.74) is 6.36. The Bertz CT molecular complexity index is 2120. The lowest BCUT2D eigenvalue weighted by Crippen LogP contribution is -2.45. The van der Waals surface area contributed by atoms with Gasteiger partial charge < -0.3 is 13.9 Å². The molecule has 232 valence electrons. The number of fused-ring (bicyclic) bond motifs is 1. The molecular formula is C37H33Cl2N5O2. The third-order valence-electron chi connectivity index (χ3n) is 8.98. The molecular weight excluding hydrogens is 617 g/mol. The Hall–Kier alpha value is -4.43. The Morgan fingerprint density at radius 1 is 0.978 bits per heavy atom. The topological polar surface area (TPSA) is 74.0 Å². The molecule has 1 N–H and O–H groups in total. The van der Waals surface area contributed by atoms with Crippen molar-refractivity contribution in [3.8, 4) is 16.9 Å². The number of aromatic nitrogens is 4. The maximum absolute atomic E-state index is 13.9. The van der Waals surface area contributed by atoms with E-state index in [-0.39, 0.29) is 11.6 Å². The molecule has 1 fully saturated rings. The fourth-order valence-corrected chi connectivity index (χ4v) is 6.84. The fraction of sp³-hybridized carbons (Fsp3) is 0.216. The smallest absolute Gasteiger partial charge is 0.254 e. The Labute approximate surface area is 277 Å². The number of rotatable bonds is 9. The molecule has 1 atom stereocenters. The SMILES string of the molecule is COc1ccc(CNC(c2ccc(Cl)nc2)(c2ccc3c(c2)c(-c2cccc(Cl)c2)c(C)c(=O)n3C2CC2)c2cncn2C)cc1. The van der Waals surface area contributed by atoms with Crippen LogP contribution in [0.25, 0.3) is 22.0 Å². The molecule has 46 heavy (non-hydrogen) atoms. The van der Waals surface area contributed by atoms with Gasteiger partial charge in [0.05, 0.1) is 30.8 Å². The Morgan fingerprint density at radius 2 is 1.76 bits per heavy atom. The van der Waals surface area contributed by atoms with Crippen molar-refractivity contribution in [2.75, 3.05) is 7.11 Å². The van der Waals surface area contributed by atoms with Gasteiger partial charge in [0.2, 0.25) is 0 Å². The highest BCUT2D eigenvalue weighted by atomic mass is 35.5. The summed E-state index contributed by atoms with van der Waals surface area (Å²) in [6, 6.07) is 26.1. The predicted octanol–water partition coefficient (Wildman–Crippen LogP) is 7.84. The van der Waals surface area contributed by atoms with Crippen molar-refractivity contribution < 1.29 is 4.74 Å². The lowest BCUT2D eigenvalue weighted by atomic mass is 9.79. The van der Waals surface area contributed by atoms with Crippen LogP contribution in [0.4, 0.5) is 0 Å². The van der Waals surface area contributed by atoms with Crippen molar-refractivity contribution in [2.45, 2.75) is 37.9 Å². The lowest BCUT2D eigenvalue weighted by molar-refractivity contribution is 0.414. The molecule has 1 saturated carbocycles. The van der Waals surface area contributed by atoms with Crippen LogP contribution in [-0.2, 0) is 19.1 Å². The summed E-state index contributed by atoms with van der Waals surface area (Å²) in [6.45, 7) is 2.45. The van der Waals surface area contributed by atoms with Crippen LogP contribution in [0.2, 0.25) is 10.2 Å². The maximum atomic E-state index is 13.9. The van der Waals surface area contributed by atoms with Gasteiger partial charge in [0.25, 0.3) is 5.56 Å². The molecule has 1 aliphatic rings. The van der Waals surface area contributed by atoms with Crippen LogP contribution < -0.4 is 15.6 Å². The third kappa shape index (κ3) is 5.28. The quantitative estimate of drug-likeness (QED) is 0.162. The predicted molar refractivity (Wildman–Crippen MR) is 184 cm³/mol. The van der Waals surface area contributed by atoms with Gasteiger partial charge in [-0.25, -0.2) is 9.97 Å². The third-order valence-corrected chi connectivity index (χ3v) is 9.44. The number of hydrogen-bond donors (Lipinski definition) is 1. The first-order chi connectivity index (χ1) is 22.3. The van der Waals surface area contributed by atoms with Crippen molar-refractivity contribution in [1.29, 1.82) is 0 Å². The lowest BCUT2D eigenvalue weighted by Gasteiger charge is -2.37. The minimum Gasteiger partial charge on any atom is -0.497 e. The van der Waals surface area contributed by atoms with Crippen molar-refractivity contribution in [3.05, 3.63) is 146 Å². The maximum Gasteiger partial charge on any atom is 0.254 e. The number of nitrogens with one attached hydrogen (secondary N) is 1. The average molecular weight is 651 g/mol. The van der Waals surface area contributed by atoms with E-state index >= 15 is 0 Å². The number of halogens is 2. The van der Waals surface area contributed by atoms with Crippen molar-refractivity contribution in [2.24, 2.45) is 7.05 Å². The van der Waals surface area contributed by atoms with E-state index in [4.69, 9.17) is 27.9 Å². The van der Waals surface area contributed by atoms with E-state index in [2.05, 4.69) is 45.6 Å². The van der Waals surface area contributed by atoms with E-state index in [1.807, 2.05) is 84.0 Å². The highest BCUT2D eigenvalue weighted by molar-refractivity contribution is 6.31. The van der Waals surface area contributed by atoms with Gasteiger partial charge in [0.15, 0.2) is 0 Å². The first-order valence-corrected chi connectivity index (χ1v) is 16.0. The molecule has 0 bridgehead atoms. The molecule has 1 unspecified atom stereocenters. The molecule has 7 rings (SSSR count). The van der Waals surface area contributed by atoms with Gasteiger partial charge in [-0.3, -0.25) is 10.1 Å². The van der Waals surface area contributed by atoms with Gasteiger partial charge >= 0.3 is 0 Å². The van der Waals surface area contributed by atoms with Gasteiger partial charge in [-0.05, 0) is 84.5 Å². The standard InChI is InChI=1S/C37H33Cl2N5O2/c1-23-35(25-5-4-6-28(38)17-25)31-18-26(9-15-32(31)44(36(23)45)29-11-12-29)37(33-21-40-22-43(33)2,27-10-16-34(39)41-20-27)42-19-24-7-13-30(46-3)14-8-24/h4-10,13-18,20-22,29,42H,11-12,19H2,1-3H3. The van der Waals surface area contributed by atoms with Gasteiger partial charge in [-0.1, -0.05) is 59.6 Å². The molecule has 9 heteroatoms. The molecule has 0 saturated heterocycles.